The highest BCUT2D eigenvalue weighted by molar-refractivity contribution is 6.31. The number of hydrogen-bond donors (Lipinski definition) is 2. The zero-order valence-electron chi connectivity index (χ0n) is 13.2. The quantitative estimate of drug-likeness (QED) is 0.761. The van der Waals surface area contributed by atoms with Crippen molar-refractivity contribution in [2.24, 2.45) is 0 Å². The molecule has 124 valence electrons. The predicted octanol–water partition coefficient (Wildman–Crippen LogP) is 2.97. The summed E-state index contributed by atoms with van der Waals surface area (Å²) in [4.78, 5) is 17.9. The van der Waals surface area contributed by atoms with E-state index in [0.29, 0.717) is 23.1 Å². The molecule has 0 saturated carbocycles. The lowest BCUT2D eigenvalue weighted by molar-refractivity contribution is 0.246. The van der Waals surface area contributed by atoms with E-state index in [4.69, 9.17) is 16.3 Å². The summed E-state index contributed by atoms with van der Waals surface area (Å²) >= 11 is 6.02. The average molecular weight is 346 g/mol. The molecule has 0 spiro atoms. The van der Waals surface area contributed by atoms with Crippen molar-refractivity contribution in [1.82, 2.24) is 20.5 Å². The molecule has 3 rings (SSSR count). The summed E-state index contributed by atoms with van der Waals surface area (Å²) in [5, 5.41) is 11.4. The van der Waals surface area contributed by atoms with Crippen molar-refractivity contribution in [3.8, 4) is 5.88 Å². The van der Waals surface area contributed by atoms with Gasteiger partial charge in [-0.1, -0.05) is 11.6 Å². The number of ether oxygens (including phenoxy) is 1. The Labute approximate surface area is 143 Å². The maximum absolute atomic E-state index is 12.4. The molecule has 7 nitrogen and oxygen atoms in total. The van der Waals surface area contributed by atoms with Gasteiger partial charge in [-0.2, -0.15) is 5.10 Å². The van der Waals surface area contributed by atoms with E-state index in [2.05, 4.69) is 20.5 Å². The van der Waals surface area contributed by atoms with Gasteiger partial charge in [0.15, 0.2) is 0 Å². The fraction of sp³-hybridized carbons (Fsp3) is 0.188. The number of halogens is 1. The van der Waals surface area contributed by atoms with Crippen molar-refractivity contribution in [2.45, 2.75) is 6.54 Å². The Morgan fingerprint density at radius 1 is 1.42 bits per heavy atom. The maximum Gasteiger partial charge on any atom is 0.322 e. The molecule has 0 aliphatic carbocycles. The van der Waals surface area contributed by atoms with Gasteiger partial charge in [-0.15, -0.1) is 0 Å². The monoisotopic (exact) mass is 345 g/mol. The number of fused-ring (bicyclic) bond motifs is 1. The molecule has 0 unspecified atom stereocenters. The lowest BCUT2D eigenvalue weighted by atomic mass is 10.2. The number of rotatable bonds is 4. The van der Waals surface area contributed by atoms with E-state index < -0.39 is 0 Å². The molecule has 3 aromatic rings. The van der Waals surface area contributed by atoms with Gasteiger partial charge < -0.3 is 10.1 Å². The Morgan fingerprint density at radius 2 is 2.25 bits per heavy atom. The number of pyridine rings is 1. The van der Waals surface area contributed by atoms with Crippen molar-refractivity contribution in [3.63, 3.8) is 0 Å². The van der Waals surface area contributed by atoms with Crippen LogP contribution in [-0.2, 0) is 6.54 Å². The van der Waals surface area contributed by atoms with Crippen LogP contribution in [0.25, 0.3) is 10.9 Å². The lowest BCUT2D eigenvalue weighted by Crippen LogP contribution is -2.37. The Hall–Kier alpha value is -2.80. The molecule has 0 aliphatic heterocycles. The molecule has 8 heteroatoms. The van der Waals surface area contributed by atoms with Gasteiger partial charge in [-0.05, 0) is 30.3 Å². The second-order valence-electron chi connectivity index (χ2n) is 5.11. The maximum atomic E-state index is 12.4. The number of nitrogens with zero attached hydrogens (tertiary/aromatic N) is 3. The topological polar surface area (TPSA) is 83.1 Å². The van der Waals surface area contributed by atoms with E-state index in [1.807, 2.05) is 12.1 Å². The molecule has 24 heavy (non-hydrogen) atoms. The molecule has 0 saturated heterocycles. The number of aromatic nitrogens is 3. The van der Waals surface area contributed by atoms with E-state index >= 15 is 0 Å². The fourth-order valence-corrected chi connectivity index (χ4v) is 2.53. The second-order valence-corrected chi connectivity index (χ2v) is 5.55. The predicted molar refractivity (Wildman–Crippen MR) is 92.5 cm³/mol. The second kappa shape index (κ2) is 6.76. The molecule has 1 aromatic carbocycles. The van der Waals surface area contributed by atoms with Crippen LogP contribution in [0.4, 0.5) is 10.5 Å². The Kier molecular flexibility index (Phi) is 4.52. The van der Waals surface area contributed by atoms with Gasteiger partial charge in [0.05, 0.1) is 24.9 Å². The van der Waals surface area contributed by atoms with Crippen LogP contribution < -0.4 is 15.0 Å². The van der Waals surface area contributed by atoms with E-state index in [0.717, 1.165) is 16.6 Å². The number of amides is 2. The minimum atomic E-state index is -0.286. The van der Waals surface area contributed by atoms with Crippen LogP contribution in [0.5, 0.6) is 5.88 Å². The fourth-order valence-electron chi connectivity index (χ4n) is 2.36. The summed E-state index contributed by atoms with van der Waals surface area (Å²) < 4.78 is 5.17. The van der Waals surface area contributed by atoms with E-state index in [9.17, 15) is 4.79 Å². The number of carbonyl (C=O) groups excluding carboxylic acids is 1. The van der Waals surface area contributed by atoms with Crippen LogP contribution in [-0.4, -0.2) is 35.4 Å². The number of benzene rings is 1. The molecule has 2 N–H and O–H groups in total. The number of nitrogens with one attached hydrogen (secondary N) is 2. The lowest BCUT2D eigenvalue weighted by Gasteiger charge is -2.19. The summed E-state index contributed by atoms with van der Waals surface area (Å²) in [6.45, 7) is 0.294. The van der Waals surface area contributed by atoms with Crippen molar-refractivity contribution in [3.05, 3.63) is 47.2 Å². The smallest absolute Gasteiger partial charge is 0.322 e. The summed E-state index contributed by atoms with van der Waals surface area (Å²) in [7, 11) is 3.16. The number of anilines is 1. The van der Waals surface area contributed by atoms with Crippen LogP contribution in [0, 0.1) is 0 Å². The Morgan fingerprint density at radius 3 is 3.04 bits per heavy atom. The minimum absolute atomic E-state index is 0.286. The highest BCUT2D eigenvalue weighted by Gasteiger charge is 2.16. The van der Waals surface area contributed by atoms with Crippen LogP contribution in [0.3, 0.4) is 0 Å². The summed E-state index contributed by atoms with van der Waals surface area (Å²) in [5.74, 6) is 0.383. The molecule has 2 aromatic heterocycles. The third-order valence-corrected chi connectivity index (χ3v) is 3.86. The molecule has 2 heterocycles. The largest absolute Gasteiger partial charge is 0.480 e. The summed E-state index contributed by atoms with van der Waals surface area (Å²) in [5.41, 5.74) is 2.16. The van der Waals surface area contributed by atoms with Gasteiger partial charge in [0.25, 0.3) is 0 Å². The van der Waals surface area contributed by atoms with Crippen LogP contribution in [0.15, 0.2) is 36.5 Å². The molecular formula is C16H16ClN5O2. The number of aromatic amines is 1. The third kappa shape index (κ3) is 3.11. The van der Waals surface area contributed by atoms with Crippen molar-refractivity contribution >= 4 is 34.2 Å². The van der Waals surface area contributed by atoms with Gasteiger partial charge in [-0.25, -0.2) is 9.78 Å². The molecule has 0 atom stereocenters. The zero-order valence-corrected chi connectivity index (χ0v) is 14.0. The molecule has 0 fully saturated rings. The van der Waals surface area contributed by atoms with E-state index in [1.54, 1.807) is 31.4 Å². The van der Waals surface area contributed by atoms with Crippen LogP contribution in [0.2, 0.25) is 5.02 Å². The normalized spacial score (nSPS) is 10.6. The summed E-state index contributed by atoms with van der Waals surface area (Å²) in [6, 6.07) is 8.63. The minimum Gasteiger partial charge on any atom is -0.480 e. The average Bonchev–Trinajstić information content (AvgIpc) is 3.01. The zero-order chi connectivity index (χ0) is 17.1. The Bertz CT molecular complexity index is 880. The molecule has 0 bridgehead atoms. The summed E-state index contributed by atoms with van der Waals surface area (Å²) in [6.07, 6.45) is 1.61. The van der Waals surface area contributed by atoms with Gasteiger partial charge in [0.2, 0.25) is 5.88 Å². The standard InChI is InChI=1S/C16H16ClN5O2/c1-22(14-4-3-7-18-15(14)24-2)16(23)19-9-13-11-8-10(17)5-6-12(11)20-21-13/h3-8H,9H2,1-2H3,(H,19,23)(H,20,21). The van der Waals surface area contributed by atoms with Gasteiger partial charge in [-0.3, -0.25) is 10.00 Å². The van der Waals surface area contributed by atoms with Crippen LogP contribution in [0.1, 0.15) is 5.69 Å². The van der Waals surface area contributed by atoms with Crippen molar-refractivity contribution < 1.29 is 9.53 Å². The molecular weight excluding hydrogens is 330 g/mol. The Balaban J connectivity index is 1.73. The van der Waals surface area contributed by atoms with Crippen molar-refractivity contribution in [1.29, 1.82) is 0 Å². The highest BCUT2D eigenvalue weighted by Crippen LogP contribution is 2.24. The molecule has 2 amide bonds. The first-order valence-corrected chi connectivity index (χ1v) is 7.61. The molecule has 0 radical (unpaired) electrons. The first kappa shape index (κ1) is 16.1. The van der Waals surface area contributed by atoms with E-state index in [-0.39, 0.29) is 6.03 Å². The van der Waals surface area contributed by atoms with Gasteiger partial charge in [0.1, 0.15) is 5.69 Å². The van der Waals surface area contributed by atoms with E-state index in [1.165, 1.54) is 12.0 Å². The van der Waals surface area contributed by atoms with Gasteiger partial charge in [0, 0.05) is 23.7 Å². The highest BCUT2D eigenvalue weighted by atomic mass is 35.5. The molecule has 0 aliphatic rings. The van der Waals surface area contributed by atoms with Crippen LogP contribution >= 0.6 is 11.6 Å². The number of hydrogen-bond acceptors (Lipinski definition) is 4. The third-order valence-electron chi connectivity index (χ3n) is 3.62. The van der Waals surface area contributed by atoms with Gasteiger partial charge >= 0.3 is 6.03 Å². The first-order chi connectivity index (χ1) is 11.6. The number of H-pyrrole nitrogens is 1. The number of methoxy groups -OCH3 is 1. The first-order valence-electron chi connectivity index (χ1n) is 7.23. The van der Waals surface area contributed by atoms with Crippen molar-refractivity contribution in [2.75, 3.05) is 19.1 Å². The SMILES string of the molecule is COc1ncccc1N(C)C(=O)NCc1[nH]nc2ccc(Cl)cc12. The number of urea groups is 1. The number of carbonyl (C=O) groups is 1.